The number of hydrogen-bond acceptors (Lipinski definition) is 2. The van der Waals surface area contributed by atoms with Gasteiger partial charge in [0.05, 0.1) is 0 Å². The molecule has 0 atom stereocenters. The van der Waals surface area contributed by atoms with Gasteiger partial charge in [-0.3, -0.25) is 0 Å². The number of sulfone groups is 1. The van der Waals surface area contributed by atoms with Crippen LogP contribution in [0.15, 0.2) is 56.3 Å². The molecule has 0 saturated carbocycles. The molecule has 0 aromatic heterocycles. The van der Waals surface area contributed by atoms with Crippen molar-refractivity contribution in [1.82, 2.24) is 0 Å². The van der Waals surface area contributed by atoms with Crippen molar-refractivity contribution in [3.05, 3.63) is 74.2 Å². The van der Waals surface area contributed by atoms with Gasteiger partial charge >= 0.3 is 0 Å². The van der Waals surface area contributed by atoms with Crippen LogP contribution in [0.3, 0.4) is 0 Å². The van der Waals surface area contributed by atoms with Crippen LogP contribution in [0.5, 0.6) is 0 Å². The molecule has 0 amide bonds. The van der Waals surface area contributed by atoms with Crippen molar-refractivity contribution in [1.29, 1.82) is 0 Å². The zero-order chi connectivity index (χ0) is 18.4. The fourth-order valence-corrected chi connectivity index (χ4v) is 4.96. The summed E-state index contributed by atoms with van der Waals surface area (Å²) in [6, 6.07) is 7.85. The van der Waals surface area contributed by atoms with Gasteiger partial charge in [-0.15, -0.1) is 0 Å². The first kappa shape index (κ1) is 18.5. The van der Waals surface area contributed by atoms with Gasteiger partial charge in [-0.2, -0.15) is 0 Å². The van der Waals surface area contributed by atoms with Crippen molar-refractivity contribution in [2.24, 2.45) is 0 Å². The lowest BCUT2D eigenvalue weighted by Gasteiger charge is -2.13. The molecule has 0 radical (unpaired) electrons. The molecule has 1 aliphatic carbocycles. The Labute approximate surface area is 161 Å². The molecule has 3 rings (SSSR count). The Morgan fingerprint density at radius 3 is 1.72 bits per heavy atom. The molecule has 0 saturated heterocycles. The van der Waals surface area contributed by atoms with E-state index >= 15 is 0 Å². The topological polar surface area (TPSA) is 34.1 Å². The number of allylic oxidation sites excluding steroid dienone is 4. The van der Waals surface area contributed by atoms with E-state index in [1.165, 1.54) is 0 Å². The molecular weight excluding hydrogens is 478 g/mol. The smallest absolute Gasteiger partial charge is 0.181 e. The minimum Gasteiger partial charge on any atom is -0.224 e. The monoisotopic (exact) mass is 488 g/mol. The van der Waals surface area contributed by atoms with Crippen molar-refractivity contribution in [2.45, 2.75) is 11.3 Å². The van der Waals surface area contributed by atoms with Crippen LogP contribution >= 0.6 is 31.9 Å². The molecule has 0 aliphatic heterocycles. The Morgan fingerprint density at radius 1 is 0.840 bits per heavy atom. The van der Waals surface area contributed by atoms with E-state index in [1.807, 2.05) is 30.4 Å². The predicted octanol–water partition coefficient (Wildman–Crippen LogP) is 5.76. The van der Waals surface area contributed by atoms with Crippen LogP contribution in [0.25, 0.3) is 11.1 Å². The average molecular weight is 490 g/mol. The molecule has 2 nitrogen and oxygen atoms in total. The SMILES string of the molecule is CS(=O)(=O)c1c(F)cc(C2=CCC=C2c2cc(Br)cc(Br)c2)cc1F. The highest BCUT2D eigenvalue weighted by Crippen LogP contribution is 2.39. The van der Waals surface area contributed by atoms with Crippen LogP contribution in [0.4, 0.5) is 8.78 Å². The normalized spacial score (nSPS) is 14.4. The van der Waals surface area contributed by atoms with Crippen molar-refractivity contribution < 1.29 is 17.2 Å². The molecule has 25 heavy (non-hydrogen) atoms. The lowest BCUT2D eigenvalue weighted by molar-refractivity contribution is 0.521. The Bertz CT molecular complexity index is 998. The molecule has 2 aromatic rings. The number of hydrogen-bond donors (Lipinski definition) is 0. The molecule has 0 N–H and O–H groups in total. The Hall–Kier alpha value is -1.31. The van der Waals surface area contributed by atoms with E-state index in [0.717, 1.165) is 38.5 Å². The summed E-state index contributed by atoms with van der Waals surface area (Å²) in [4.78, 5) is -0.898. The van der Waals surface area contributed by atoms with E-state index in [1.54, 1.807) is 0 Å². The molecule has 130 valence electrons. The first-order valence-electron chi connectivity index (χ1n) is 7.23. The summed E-state index contributed by atoms with van der Waals surface area (Å²) in [5, 5.41) is 0. The average Bonchev–Trinajstić information content (AvgIpc) is 2.93. The fourth-order valence-electron chi connectivity index (χ4n) is 2.84. The summed E-state index contributed by atoms with van der Waals surface area (Å²) in [6.45, 7) is 0. The number of benzene rings is 2. The molecule has 0 fully saturated rings. The molecule has 1 aliphatic rings. The van der Waals surface area contributed by atoms with E-state index in [4.69, 9.17) is 0 Å². The zero-order valence-electron chi connectivity index (χ0n) is 13.0. The van der Waals surface area contributed by atoms with Crippen LogP contribution in [-0.4, -0.2) is 14.7 Å². The second-order valence-corrected chi connectivity index (χ2v) is 9.45. The first-order chi connectivity index (χ1) is 11.7. The van der Waals surface area contributed by atoms with Crippen LogP contribution in [0.1, 0.15) is 17.5 Å². The molecule has 7 heteroatoms. The van der Waals surface area contributed by atoms with Gasteiger partial charge < -0.3 is 0 Å². The van der Waals surface area contributed by atoms with E-state index in [0.29, 0.717) is 17.6 Å². The Kier molecular flexibility index (Phi) is 5.01. The van der Waals surface area contributed by atoms with Gasteiger partial charge in [0.15, 0.2) is 9.84 Å². The quantitative estimate of drug-likeness (QED) is 0.548. The molecule has 0 bridgehead atoms. The van der Waals surface area contributed by atoms with Crippen LogP contribution < -0.4 is 0 Å². The number of rotatable bonds is 3. The zero-order valence-corrected chi connectivity index (χ0v) is 17.0. The molecular formula is C18H12Br2F2O2S. The number of halogens is 4. The first-order valence-corrected chi connectivity index (χ1v) is 10.7. The van der Waals surface area contributed by atoms with Crippen LogP contribution in [-0.2, 0) is 9.84 Å². The van der Waals surface area contributed by atoms with Gasteiger partial charge in [-0.1, -0.05) is 44.0 Å². The van der Waals surface area contributed by atoms with Gasteiger partial charge in [-0.25, -0.2) is 17.2 Å². The standard InChI is InChI=1S/C18H12Br2F2O2S/c1-25(23,24)18-16(21)7-11(8-17(18)22)15-4-2-3-14(15)10-5-12(19)9-13(20)6-10/h3-9H,2H2,1H3. The Morgan fingerprint density at radius 2 is 1.28 bits per heavy atom. The third-order valence-corrected chi connectivity index (χ3v) is 5.84. The van der Waals surface area contributed by atoms with E-state index in [-0.39, 0.29) is 0 Å². The lowest BCUT2D eigenvalue weighted by atomic mass is 9.95. The summed E-state index contributed by atoms with van der Waals surface area (Å²) in [6.07, 6.45) is 5.24. The van der Waals surface area contributed by atoms with Gasteiger partial charge in [0, 0.05) is 15.2 Å². The van der Waals surface area contributed by atoms with E-state index in [9.17, 15) is 17.2 Å². The van der Waals surface area contributed by atoms with Crippen LogP contribution in [0.2, 0.25) is 0 Å². The lowest BCUT2D eigenvalue weighted by Crippen LogP contribution is -2.05. The summed E-state index contributed by atoms with van der Waals surface area (Å²) >= 11 is 6.85. The van der Waals surface area contributed by atoms with Crippen molar-refractivity contribution in [3.63, 3.8) is 0 Å². The highest BCUT2D eigenvalue weighted by Gasteiger charge is 2.23. The Balaban J connectivity index is 2.10. The maximum Gasteiger partial charge on any atom is 0.181 e. The van der Waals surface area contributed by atoms with Crippen molar-refractivity contribution in [2.75, 3.05) is 6.26 Å². The molecule has 2 aromatic carbocycles. The van der Waals surface area contributed by atoms with Crippen LogP contribution in [0, 0.1) is 11.6 Å². The highest BCUT2D eigenvalue weighted by molar-refractivity contribution is 9.11. The molecule has 0 spiro atoms. The molecule has 0 heterocycles. The summed E-state index contributed by atoms with van der Waals surface area (Å²) in [7, 11) is -3.98. The third kappa shape index (κ3) is 3.78. The maximum atomic E-state index is 14.2. The van der Waals surface area contributed by atoms with E-state index < -0.39 is 26.4 Å². The van der Waals surface area contributed by atoms with Gasteiger partial charge in [-0.05, 0) is 59.0 Å². The van der Waals surface area contributed by atoms with Gasteiger partial charge in [0.1, 0.15) is 16.5 Å². The maximum absolute atomic E-state index is 14.2. The van der Waals surface area contributed by atoms with Crippen molar-refractivity contribution >= 4 is 52.8 Å². The third-order valence-electron chi connectivity index (χ3n) is 3.79. The van der Waals surface area contributed by atoms with Gasteiger partial charge in [0.2, 0.25) is 0 Å². The minimum absolute atomic E-state index is 0.308. The molecule has 0 unspecified atom stereocenters. The summed E-state index contributed by atoms with van der Waals surface area (Å²) < 4.78 is 53.3. The summed E-state index contributed by atoms with van der Waals surface area (Å²) in [5.41, 5.74) is 2.70. The van der Waals surface area contributed by atoms with Crippen molar-refractivity contribution in [3.8, 4) is 0 Å². The summed E-state index contributed by atoms with van der Waals surface area (Å²) in [5.74, 6) is -2.17. The minimum atomic E-state index is -3.98. The second kappa shape index (κ2) is 6.78. The largest absolute Gasteiger partial charge is 0.224 e. The second-order valence-electron chi connectivity index (χ2n) is 5.67. The predicted molar refractivity (Wildman–Crippen MR) is 102 cm³/mol. The fraction of sp³-hybridized carbons (Fsp3) is 0.111. The van der Waals surface area contributed by atoms with E-state index in [2.05, 4.69) is 31.9 Å². The van der Waals surface area contributed by atoms with Gasteiger partial charge in [0.25, 0.3) is 0 Å². The highest BCUT2D eigenvalue weighted by atomic mass is 79.9.